The molecule has 0 saturated heterocycles. The van der Waals surface area contributed by atoms with Gasteiger partial charge in [-0.3, -0.25) is 4.79 Å². The van der Waals surface area contributed by atoms with E-state index in [0.717, 1.165) is 11.3 Å². The minimum atomic E-state index is -0.0226. The first kappa shape index (κ1) is 8.78. The van der Waals surface area contributed by atoms with Crippen molar-refractivity contribution in [2.24, 2.45) is 0 Å². The Labute approximate surface area is 72.4 Å². The summed E-state index contributed by atoms with van der Waals surface area (Å²) in [7, 11) is 0. The fraction of sp³-hybridized carbons (Fsp3) is 0.300. The second-order valence-electron chi connectivity index (χ2n) is 3.00. The van der Waals surface area contributed by atoms with E-state index in [2.05, 4.69) is 0 Å². The van der Waals surface area contributed by atoms with Crippen molar-refractivity contribution in [1.29, 1.82) is 0 Å². The maximum Gasteiger partial charge on any atom is 0.136 e. The molecule has 0 heterocycles. The number of carbonyl (C=O) groups excluding carboxylic acids is 1. The van der Waals surface area contributed by atoms with Crippen molar-refractivity contribution in [3.05, 3.63) is 29.8 Å². The molecule has 0 aliphatic rings. The van der Waals surface area contributed by atoms with Gasteiger partial charge < -0.3 is 5.73 Å². The summed E-state index contributed by atoms with van der Waals surface area (Å²) < 4.78 is 0. The van der Waals surface area contributed by atoms with Crippen LogP contribution >= 0.6 is 0 Å². The van der Waals surface area contributed by atoms with Gasteiger partial charge in [0.25, 0.3) is 0 Å². The first-order chi connectivity index (χ1) is 5.61. The maximum absolute atomic E-state index is 11.0. The zero-order valence-electron chi connectivity index (χ0n) is 7.37. The molecule has 0 spiro atoms. The number of rotatable bonds is 2. The molecule has 0 aliphatic heterocycles. The van der Waals surface area contributed by atoms with E-state index in [4.69, 9.17) is 5.73 Å². The number of ketones is 1. The Kier molecular flexibility index (Phi) is 2.48. The van der Waals surface area contributed by atoms with Gasteiger partial charge in [-0.2, -0.15) is 0 Å². The molecule has 0 aromatic heterocycles. The van der Waals surface area contributed by atoms with Crippen LogP contribution in [0.4, 0.5) is 5.69 Å². The summed E-state index contributed by atoms with van der Waals surface area (Å²) in [6.07, 6.45) is 0. The van der Waals surface area contributed by atoms with Crippen LogP contribution in [0.3, 0.4) is 0 Å². The van der Waals surface area contributed by atoms with Gasteiger partial charge in [-0.15, -0.1) is 0 Å². The molecule has 1 rings (SSSR count). The topological polar surface area (TPSA) is 43.1 Å². The molecular weight excluding hydrogens is 150 g/mol. The van der Waals surface area contributed by atoms with Crippen molar-refractivity contribution in [3.63, 3.8) is 0 Å². The number of benzene rings is 1. The molecule has 2 N–H and O–H groups in total. The van der Waals surface area contributed by atoms with Crippen LogP contribution in [0.15, 0.2) is 24.3 Å². The number of hydrogen-bond donors (Lipinski definition) is 1. The monoisotopic (exact) mass is 163 g/mol. The highest BCUT2D eigenvalue weighted by atomic mass is 16.1. The minimum Gasteiger partial charge on any atom is -0.399 e. The molecular formula is C10H13NO. The average molecular weight is 163 g/mol. The van der Waals surface area contributed by atoms with E-state index in [1.165, 1.54) is 0 Å². The summed E-state index contributed by atoms with van der Waals surface area (Å²) in [6.45, 7) is 3.49. The number of anilines is 1. The number of Topliss-reactive ketones (excluding diaryl/α,β-unsaturated/α-hetero) is 1. The molecule has 1 atom stereocenters. The van der Waals surface area contributed by atoms with Crippen LogP contribution in [0.1, 0.15) is 25.3 Å². The average Bonchev–Trinajstić information content (AvgIpc) is 2.04. The highest BCUT2D eigenvalue weighted by Gasteiger charge is 2.08. The summed E-state index contributed by atoms with van der Waals surface area (Å²) >= 11 is 0. The molecule has 2 nitrogen and oxygen atoms in total. The third-order valence-corrected chi connectivity index (χ3v) is 2.05. The second-order valence-corrected chi connectivity index (χ2v) is 3.00. The lowest BCUT2D eigenvalue weighted by Crippen LogP contribution is -2.03. The summed E-state index contributed by atoms with van der Waals surface area (Å²) in [5, 5.41) is 0. The van der Waals surface area contributed by atoms with Gasteiger partial charge in [-0.25, -0.2) is 0 Å². The molecule has 1 aromatic rings. The van der Waals surface area contributed by atoms with Crippen LogP contribution in [0.25, 0.3) is 0 Å². The smallest absolute Gasteiger partial charge is 0.136 e. The fourth-order valence-corrected chi connectivity index (χ4v) is 1.02. The normalized spacial score (nSPS) is 12.5. The van der Waals surface area contributed by atoms with Crippen molar-refractivity contribution in [3.8, 4) is 0 Å². The van der Waals surface area contributed by atoms with E-state index in [9.17, 15) is 4.79 Å². The molecule has 0 amide bonds. The molecule has 0 aliphatic carbocycles. The molecule has 2 heteroatoms. The number of hydrogen-bond acceptors (Lipinski definition) is 2. The Balaban J connectivity index is 2.89. The van der Waals surface area contributed by atoms with Crippen LogP contribution in [0.5, 0.6) is 0 Å². The van der Waals surface area contributed by atoms with Crippen LogP contribution in [-0.4, -0.2) is 5.78 Å². The van der Waals surface area contributed by atoms with E-state index < -0.39 is 0 Å². The quantitative estimate of drug-likeness (QED) is 0.677. The zero-order valence-corrected chi connectivity index (χ0v) is 7.37. The highest BCUT2D eigenvalue weighted by molar-refractivity contribution is 5.82. The van der Waals surface area contributed by atoms with E-state index in [1.807, 2.05) is 31.2 Å². The van der Waals surface area contributed by atoms with E-state index in [1.54, 1.807) is 6.92 Å². The maximum atomic E-state index is 11.0. The van der Waals surface area contributed by atoms with E-state index in [0.29, 0.717) is 0 Å². The number of carbonyl (C=O) groups is 1. The Bertz CT molecular complexity index is 276. The molecule has 1 unspecified atom stereocenters. The van der Waals surface area contributed by atoms with Gasteiger partial charge in [-0.1, -0.05) is 19.1 Å². The standard InChI is InChI=1S/C10H13NO/c1-7(8(2)12)9-3-5-10(11)6-4-9/h3-7H,11H2,1-2H3. The molecule has 0 saturated carbocycles. The Morgan fingerprint density at radius 3 is 2.25 bits per heavy atom. The van der Waals surface area contributed by atoms with Crippen molar-refractivity contribution in [2.75, 3.05) is 5.73 Å². The van der Waals surface area contributed by atoms with Gasteiger partial charge >= 0.3 is 0 Å². The lowest BCUT2D eigenvalue weighted by atomic mass is 9.98. The van der Waals surface area contributed by atoms with E-state index in [-0.39, 0.29) is 11.7 Å². The van der Waals surface area contributed by atoms with E-state index >= 15 is 0 Å². The largest absolute Gasteiger partial charge is 0.399 e. The zero-order chi connectivity index (χ0) is 9.14. The van der Waals surface area contributed by atoms with Gasteiger partial charge in [-0.05, 0) is 24.6 Å². The fourth-order valence-electron chi connectivity index (χ4n) is 1.02. The predicted octanol–water partition coefficient (Wildman–Crippen LogP) is 1.96. The van der Waals surface area contributed by atoms with Crippen molar-refractivity contribution >= 4 is 11.5 Å². The molecule has 0 bridgehead atoms. The Morgan fingerprint density at radius 2 is 1.83 bits per heavy atom. The molecule has 0 radical (unpaired) electrons. The van der Waals surface area contributed by atoms with Gasteiger partial charge in [0.15, 0.2) is 0 Å². The number of nitrogens with two attached hydrogens (primary N) is 1. The van der Waals surface area contributed by atoms with Gasteiger partial charge in [0.05, 0.1) is 0 Å². The van der Waals surface area contributed by atoms with Crippen molar-refractivity contribution < 1.29 is 4.79 Å². The summed E-state index contributed by atoms with van der Waals surface area (Å²) in [4.78, 5) is 11.0. The summed E-state index contributed by atoms with van der Waals surface area (Å²) in [6, 6.07) is 7.41. The third-order valence-electron chi connectivity index (χ3n) is 2.05. The minimum absolute atomic E-state index is 0.0226. The van der Waals surface area contributed by atoms with Crippen molar-refractivity contribution in [1.82, 2.24) is 0 Å². The lowest BCUT2D eigenvalue weighted by Gasteiger charge is -2.07. The highest BCUT2D eigenvalue weighted by Crippen LogP contribution is 2.16. The molecule has 64 valence electrons. The van der Waals surface area contributed by atoms with Crippen LogP contribution in [-0.2, 0) is 4.79 Å². The van der Waals surface area contributed by atoms with Crippen LogP contribution in [0, 0.1) is 0 Å². The SMILES string of the molecule is CC(=O)C(C)c1ccc(N)cc1. The van der Waals surface area contributed by atoms with Crippen molar-refractivity contribution in [2.45, 2.75) is 19.8 Å². The lowest BCUT2D eigenvalue weighted by molar-refractivity contribution is -0.118. The van der Waals surface area contributed by atoms with Crippen LogP contribution < -0.4 is 5.73 Å². The predicted molar refractivity (Wildman–Crippen MR) is 50.0 cm³/mol. The van der Waals surface area contributed by atoms with Gasteiger partial charge in [0.1, 0.15) is 5.78 Å². The third kappa shape index (κ3) is 1.84. The molecule has 12 heavy (non-hydrogen) atoms. The molecule has 1 aromatic carbocycles. The van der Waals surface area contributed by atoms with Gasteiger partial charge in [0.2, 0.25) is 0 Å². The Morgan fingerprint density at radius 1 is 1.33 bits per heavy atom. The summed E-state index contributed by atoms with van der Waals surface area (Å²) in [5.41, 5.74) is 7.27. The molecule has 0 fully saturated rings. The second kappa shape index (κ2) is 3.39. The van der Waals surface area contributed by atoms with Gasteiger partial charge in [0, 0.05) is 11.6 Å². The Hall–Kier alpha value is -1.31. The summed E-state index contributed by atoms with van der Waals surface area (Å²) in [5.74, 6) is 0.158. The first-order valence-corrected chi connectivity index (χ1v) is 3.97. The first-order valence-electron chi connectivity index (χ1n) is 3.97. The number of nitrogen functional groups attached to an aromatic ring is 1. The van der Waals surface area contributed by atoms with Crippen LogP contribution in [0.2, 0.25) is 0 Å².